The number of hydrogen-bond donors (Lipinski definition) is 1. The van der Waals surface area contributed by atoms with E-state index in [1.807, 2.05) is 6.07 Å². The molecule has 1 aliphatic rings. The summed E-state index contributed by atoms with van der Waals surface area (Å²) in [6.07, 6.45) is 3.68. The lowest BCUT2D eigenvalue weighted by Crippen LogP contribution is -2.40. The third kappa shape index (κ3) is 2.69. The summed E-state index contributed by atoms with van der Waals surface area (Å²) in [5.74, 6) is 0.948. The molecule has 0 amide bonds. The quantitative estimate of drug-likeness (QED) is 0.857. The summed E-state index contributed by atoms with van der Waals surface area (Å²) in [5, 5.41) is 0. The first-order chi connectivity index (χ1) is 8.58. The van der Waals surface area contributed by atoms with E-state index in [4.69, 9.17) is 10.2 Å². The molecule has 2 rings (SSSR count). The van der Waals surface area contributed by atoms with E-state index in [0.717, 1.165) is 14.9 Å². The minimum absolute atomic E-state index is 0.176. The van der Waals surface area contributed by atoms with Crippen molar-refractivity contribution in [1.82, 2.24) is 4.90 Å². The van der Waals surface area contributed by atoms with Gasteiger partial charge in [0.25, 0.3) is 0 Å². The van der Waals surface area contributed by atoms with E-state index < -0.39 is 0 Å². The standard InChI is InChI=1S/C13H20Br2N2O/c1-3-9-5-4-8(2)17(9)11(7-16)12-6-10(14)13(15)18-12/h6,8-9,11H,3-5,7,16H2,1-2H3. The van der Waals surface area contributed by atoms with Crippen molar-refractivity contribution in [2.75, 3.05) is 6.54 Å². The number of nitrogens with two attached hydrogens (primary N) is 1. The summed E-state index contributed by atoms with van der Waals surface area (Å²) in [7, 11) is 0. The topological polar surface area (TPSA) is 42.4 Å². The van der Waals surface area contributed by atoms with Crippen molar-refractivity contribution >= 4 is 31.9 Å². The molecule has 2 heterocycles. The van der Waals surface area contributed by atoms with Gasteiger partial charge in [-0.05, 0) is 64.1 Å². The zero-order chi connectivity index (χ0) is 13.3. The fourth-order valence-electron chi connectivity index (χ4n) is 2.98. The van der Waals surface area contributed by atoms with Gasteiger partial charge in [0.05, 0.1) is 10.5 Å². The summed E-state index contributed by atoms with van der Waals surface area (Å²) in [5.41, 5.74) is 5.99. The summed E-state index contributed by atoms with van der Waals surface area (Å²) in [6, 6.07) is 3.40. The highest BCUT2D eigenvalue weighted by Gasteiger charge is 2.36. The molecule has 0 aliphatic carbocycles. The van der Waals surface area contributed by atoms with E-state index >= 15 is 0 Å². The molecule has 0 saturated carbocycles. The van der Waals surface area contributed by atoms with Crippen molar-refractivity contribution in [2.24, 2.45) is 5.73 Å². The van der Waals surface area contributed by atoms with Crippen LogP contribution in [0.5, 0.6) is 0 Å². The average Bonchev–Trinajstić information content (AvgIpc) is 2.86. The van der Waals surface area contributed by atoms with Crippen LogP contribution in [-0.2, 0) is 0 Å². The number of furan rings is 1. The predicted octanol–water partition coefficient (Wildman–Crippen LogP) is 4.07. The molecule has 3 unspecified atom stereocenters. The first kappa shape index (κ1) is 14.6. The third-order valence-electron chi connectivity index (χ3n) is 3.90. The molecule has 102 valence electrons. The molecule has 3 atom stereocenters. The highest BCUT2D eigenvalue weighted by molar-refractivity contribution is 9.13. The van der Waals surface area contributed by atoms with Gasteiger partial charge in [0.15, 0.2) is 4.67 Å². The Bertz CT molecular complexity index is 388. The minimum atomic E-state index is 0.176. The van der Waals surface area contributed by atoms with Gasteiger partial charge in [0.1, 0.15) is 5.76 Å². The Balaban J connectivity index is 2.27. The first-order valence-electron chi connectivity index (χ1n) is 6.50. The second kappa shape index (κ2) is 6.07. The molecule has 0 bridgehead atoms. The van der Waals surface area contributed by atoms with Gasteiger partial charge in [-0.3, -0.25) is 4.90 Å². The zero-order valence-electron chi connectivity index (χ0n) is 10.8. The molecule has 18 heavy (non-hydrogen) atoms. The molecule has 1 fully saturated rings. The van der Waals surface area contributed by atoms with Crippen LogP contribution in [0.4, 0.5) is 0 Å². The highest BCUT2D eigenvalue weighted by atomic mass is 79.9. The van der Waals surface area contributed by atoms with Gasteiger partial charge in [-0.1, -0.05) is 6.92 Å². The molecule has 1 aliphatic heterocycles. The summed E-state index contributed by atoms with van der Waals surface area (Å²) in [4.78, 5) is 2.53. The average molecular weight is 380 g/mol. The normalized spacial score (nSPS) is 26.7. The zero-order valence-corrected chi connectivity index (χ0v) is 14.0. The van der Waals surface area contributed by atoms with Crippen LogP contribution in [-0.4, -0.2) is 23.5 Å². The van der Waals surface area contributed by atoms with Gasteiger partial charge in [-0.15, -0.1) is 0 Å². The maximum atomic E-state index is 5.99. The van der Waals surface area contributed by atoms with E-state index in [-0.39, 0.29) is 6.04 Å². The van der Waals surface area contributed by atoms with Crippen LogP contribution in [0.1, 0.15) is 44.9 Å². The lowest BCUT2D eigenvalue weighted by Gasteiger charge is -2.34. The maximum Gasteiger partial charge on any atom is 0.183 e. The van der Waals surface area contributed by atoms with Crippen molar-refractivity contribution in [3.63, 3.8) is 0 Å². The Labute approximate surface area is 125 Å². The number of likely N-dealkylation sites (tertiary alicyclic amines) is 1. The predicted molar refractivity (Wildman–Crippen MR) is 80.5 cm³/mol. The van der Waals surface area contributed by atoms with Gasteiger partial charge < -0.3 is 10.2 Å². The molecule has 2 N–H and O–H groups in total. The van der Waals surface area contributed by atoms with E-state index in [2.05, 4.69) is 50.6 Å². The Hall–Kier alpha value is 0.160. The fourth-order valence-corrected chi connectivity index (χ4v) is 3.59. The molecule has 0 radical (unpaired) electrons. The van der Waals surface area contributed by atoms with Gasteiger partial charge in [0, 0.05) is 18.6 Å². The van der Waals surface area contributed by atoms with Crippen molar-refractivity contribution < 1.29 is 4.42 Å². The van der Waals surface area contributed by atoms with E-state index in [1.165, 1.54) is 19.3 Å². The van der Waals surface area contributed by atoms with Gasteiger partial charge in [-0.25, -0.2) is 0 Å². The second-order valence-electron chi connectivity index (χ2n) is 4.96. The Morgan fingerprint density at radius 3 is 2.72 bits per heavy atom. The second-order valence-corrected chi connectivity index (χ2v) is 6.53. The monoisotopic (exact) mass is 378 g/mol. The molecule has 5 heteroatoms. The van der Waals surface area contributed by atoms with Crippen LogP contribution < -0.4 is 5.73 Å². The number of rotatable bonds is 4. The molecule has 1 saturated heterocycles. The number of nitrogens with zero attached hydrogens (tertiary/aromatic N) is 1. The van der Waals surface area contributed by atoms with Crippen LogP contribution >= 0.6 is 31.9 Å². The summed E-state index contributed by atoms with van der Waals surface area (Å²) in [6.45, 7) is 5.12. The Morgan fingerprint density at radius 1 is 1.50 bits per heavy atom. The minimum Gasteiger partial charge on any atom is -0.451 e. The SMILES string of the molecule is CCC1CCC(C)N1C(CN)c1cc(Br)c(Br)o1. The largest absolute Gasteiger partial charge is 0.451 e. The van der Waals surface area contributed by atoms with E-state index in [1.54, 1.807) is 0 Å². The first-order valence-corrected chi connectivity index (χ1v) is 8.09. The van der Waals surface area contributed by atoms with Crippen molar-refractivity contribution in [2.45, 2.75) is 51.2 Å². The Kier molecular flexibility index (Phi) is 4.92. The third-order valence-corrected chi connectivity index (χ3v) is 5.61. The van der Waals surface area contributed by atoms with E-state index in [9.17, 15) is 0 Å². The van der Waals surface area contributed by atoms with Crippen LogP contribution in [0, 0.1) is 0 Å². The lowest BCUT2D eigenvalue weighted by molar-refractivity contribution is 0.120. The van der Waals surface area contributed by atoms with Gasteiger partial charge >= 0.3 is 0 Å². The molecule has 1 aromatic rings. The Morgan fingerprint density at radius 2 is 2.22 bits per heavy atom. The van der Waals surface area contributed by atoms with Gasteiger partial charge in [0.2, 0.25) is 0 Å². The highest BCUT2D eigenvalue weighted by Crippen LogP contribution is 2.38. The maximum absolute atomic E-state index is 5.99. The van der Waals surface area contributed by atoms with Crippen LogP contribution in [0.25, 0.3) is 0 Å². The molecular formula is C13H20Br2N2O. The summed E-state index contributed by atoms with van der Waals surface area (Å²) >= 11 is 6.87. The summed E-state index contributed by atoms with van der Waals surface area (Å²) < 4.78 is 7.47. The number of halogens is 2. The molecular weight excluding hydrogens is 360 g/mol. The molecule has 3 nitrogen and oxygen atoms in total. The van der Waals surface area contributed by atoms with Crippen LogP contribution in [0.3, 0.4) is 0 Å². The fraction of sp³-hybridized carbons (Fsp3) is 0.692. The van der Waals surface area contributed by atoms with Crippen molar-refractivity contribution in [1.29, 1.82) is 0 Å². The number of hydrogen-bond acceptors (Lipinski definition) is 3. The van der Waals surface area contributed by atoms with Crippen LogP contribution in [0.15, 0.2) is 19.6 Å². The lowest BCUT2D eigenvalue weighted by atomic mass is 10.1. The molecule has 1 aromatic heterocycles. The van der Waals surface area contributed by atoms with E-state index in [0.29, 0.717) is 18.6 Å². The van der Waals surface area contributed by atoms with Crippen LogP contribution in [0.2, 0.25) is 0 Å². The molecule has 0 spiro atoms. The van der Waals surface area contributed by atoms with Crippen molar-refractivity contribution in [3.05, 3.63) is 21.0 Å². The van der Waals surface area contributed by atoms with Gasteiger partial charge in [-0.2, -0.15) is 0 Å². The molecule has 0 aromatic carbocycles. The smallest absolute Gasteiger partial charge is 0.183 e. The van der Waals surface area contributed by atoms with Crippen molar-refractivity contribution in [3.8, 4) is 0 Å².